The van der Waals surface area contributed by atoms with E-state index in [0.29, 0.717) is 12.8 Å². The number of carboxylic acids is 1. The number of carbonyl (C=O) groups is 1. The number of hydrogen-bond acceptors (Lipinski definition) is 2. The average Bonchev–Trinajstić information content (AvgIpc) is 2.62. The molecule has 0 heterocycles. The van der Waals surface area contributed by atoms with E-state index in [1.165, 1.54) is 77.0 Å². The molecule has 0 saturated heterocycles. The van der Waals surface area contributed by atoms with Gasteiger partial charge in [0.15, 0.2) is 0 Å². The molecule has 0 aliphatic carbocycles. The van der Waals surface area contributed by atoms with Crippen LogP contribution in [-0.2, 0) is 4.79 Å². The number of aliphatic hydroxyl groups excluding tert-OH is 1. The maximum Gasteiger partial charge on any atom is 0.309 e. The quantitative estimate of drug-likeness (QED) is 0.224. The van der Waals surface area contributed by atoms with E-state index in [1.807, 2.05) is 0 Å². The number of rotatable bonds is 20. The van der Waals surface area contributed by atoms with Crippen LogP contribution in [0, 0.1) is 5.92 Å². The highest BCUT2D eigenvalue weighted by molar-refractivity contribution is 5.70. The molecule has 0 bridgehead atoms. The highest BCUT2D eigenvalue weighted by Crippen LogP contribution is 2.20. The first-order valence-corrected chi connectivity index (χ1v) is 11.5. The van der Waals surface area contributed by atoms with E-state index in [1.54, 1.807) is 0 Å². The van der Waals surface area contributed by atoms with Gasteiger partial charge in [-0.05, 0) is 12.8 Å². The van der Waals surface area contributed by atoms with Crippen molar-refractivity contribution in [3.63, 3.8) is 0 Å². The fraction of sp³-hybridized carbons (Fsp3) is 0.957. The predicted molar refractivity (Wildman–Crippen MR) is 112 cm³/mol. The highest BCUT2D eigenvalue weighted by Gasteiger charge is 2.25. The van der Waals surface area contributed by atoms with Crippen molar-refractivity contribution in [3.8, 4) is 0 Å². The van der Waals surface area contributed by atoms with E-state index < -0.39 is 18.0 Å². The van der Waals surface area contributed by atoms with Gasteiger partial charge in [-0.15, -0.1) is 0 Å². The Kier molecular flexibility index (Phi) is 18.8. The lowest BCUT2D eigenvalue weighted by Crippen LogP contribution is -2.28. The van der Waals surface area contributed by atoms with Gasteiger partial charge in [-0.25, -0.2) is 0 Å². The lowest BCUT2D eigenvalue weighted by Gasteiger charge is -2.19. The molecule has 3 heteroatoms. The van der Waals surface area contributed by atoms with Crippen molar-refractivity contribution in [2.75, 3.05) is 0 Å². The second kappa shape index (κ2) is 19.2. The summed E-state index contributed by atoms with van der Waals surface area (Å²) in [4.78, 5) is 11.4. The maximum atomic E-state index is 11.4. The van der Waals surface area contributed by atoms with Crippen molar-refractivity contribution >= 4 is 5.97 Å². The van der Waals surface area contributed by atoms with Gasteiger partial charge in [0.05, 0.1) is 12.0 Å². The van der Waals surface area contributed by atoms with E-state index in [2.05, 4.69) is 13.8 Å². The second-order valence-electron chi connectivity index (χ2n) is 8.04. The van der Waals surface area contributed by atoms with Crippen LogP contribution in [0.15, 0.2) is 0 Å². The normalized spacial score (nSPS) is 13.7. The lowest BCUT2D eigenvalue weighted by atomic mass is 9.91. The zero-order valence-corrected chi connectivity index (χ0v) is 17.7. The van der Waals surface area contributed by atoms with Gasteiger partial charge in [0.25, 0.3) is 0 Å². The third-order valence-corrected chi connectivity index (χ3v) is 5.50. The highest BCUT2D eigenvalue weighted by atomic mass is 16.4. The van der Waals surface area contributed by atoms with Crippen molar-refractivity contribution in [2.24, 2.45) is 5.92 Å². The van der Waals surface area contributed by atoms with Gasteiger partial charge in [-0.2, -0.15) is 0 Å². The van der Waals surface area contributed by atoms with Gasteiger partial charge in [0.1, 0.15) is 0 Å². The molecule has 0 aromatic rings. The summed E-state index contributed by atoms with van der Waals surface area (Å²) in [5.74, 6) is -1.39. The monoisotopic (exact) mass is 370 g/mol. The Balaban J connectivity index is 3.61. The second-order valence-corrected chi connectivity index (χ2v) is 8.04. The molecule has 0 fully saturated rings. The van der Waals surface area contributed by atoms with Crippen LogP contribution in [-0.4, -0.2) is 22.3 Å². The molecule has 0 aliphatic rings. The van der Waals surface area contributed by atoms with Crippen molar-refractivity contribution in [3.05, 3.63) is 0 Å². The summed E-state index contributed by atoms with van der Waals surface area (Å²) in [5, 5.41) is 19.6. The summed E-state index contributed by atoms with van der Waals surface area (Å²) < 4.78 is 0. The molecule has 0 aliphatic heterocycles. The number of aliphatic hydroxyl groups is 1. The van der Waals surface area contributed by atoms with Gasteiger partial charge in [0, 0.05) is 0 Å². The van der Waals surface area contributed by atoms with Crippen molar-refractivity contribution in [1.29, 1.82) is 0 Å². The summed E-state index contributed by atoms with van der Waals surface area (Å²) in [7, 11) is 0. The Labute approximate surface area is 163 Å². The summed E-state index contributed by atoms with van der Waals surface area (Å²) in [5.41, 5.74) is 0. The molecular formula is C23H46O3. The fourth-order valence-corrected chi connectivity index (χ4v) is 3.67. The molecule has 3 nitrogen and oxygen atoms in total. The molecule has 0 aromatic heterocycles. The number of unbranched alkanes of at least 4 members (excludes halogenated alkanes) is 14. The topological polar surface area (TPSA) is 57.5 Å². The van der Waals surface area contributed by atoms with Crippen LogP contribution in [0.4, 0.5) is 0 Å². The molecule has 26 heavy (non-hydrogen) atoms. The number of aliphatic carboxylic acids is 1. The zero-order valence-electron chi connectivity index (χ0n) is 17.7. The standard InChI is InChI=1S/C23H46O3/c1-3-5-7-9-10-11-12-13-14-16-18-20-22(24)21(23(25)26)19-17-15-8-6-4-2/h21-22,24H,3-20H2,1-2H3,(H,25,26). The summed E-state index contributed by atoms with van der Waals surface area (Å²) in [6.45, 7) is 4.43. The molecule has 0 spiro atoms. The first kappa shape index (κ1) is 25.4. The molecular weight excluding hydrogens is 324 g/mol. The van der Waals surface area contributed by atoms with E-state index in [4.69, 9.17) is 0 Å². The largest absolute Gasteiger partial charge is 0.481 e. The maximum absolute atomic E-state index is 11.4. The number of hydrogen-bond donors (Lipinski definition) is 2. The average molecular weight is 371 g/mol. The van der Waals surface area contributed by atoms with Gasteiger partial charge in [-0.3, -0.25) is 4.79 Å². The van der Waals surface area contributed by atoms with Crippen molar-refractivity contribution in [1.82, 2.24) is 0 Å². The Morgan fingerprint density at radius 2 is 0.962 bits per heavy atom. The Morgan fingerprint density at radius 1 is 0.615 bits per heavy atom. The van der Waals surface area contributed by atoms with Crippen LogP contribution < -0.4 is 0 Å². The van der Waals surface area contributed by atoms with Gasteiger partial charge < -0.3 is 10.2 Å². The van der Waals surface area contributed by atoms with E-state index in [-0.39, 0.29) is 0 Å². The molecule has 0 amide bonds. The van der Waals surface area contributed by atoms with Crippen LogP contribution in [0.2, 0.25) is 0 Å². The fourth-order valence-electron chi connectivity index (χ4n) is 3.67. The van der Waals surface area contributed by atoms with Crippen LogP contribution in [0.1, 0.15) is 129 Å². The lowest BCUT2D eigenvalue weighted by molar-refractivity contribution is -0.146. The Hall–Kier alpha value is -0.570. The third kappa shape index (κ3) is 15.7. The smallest absolute Gasteiger partial charge is 0.309 e. The van der Waals surface area contributed by atoms with E-state index in [0.717, 1.165) is 25.7 Å². The molecule has 2 N–H and O–H groups in total. The third-order valence-electron chi connectivity index (χ3n) is 5.50. The molecule has 2 unspecified atom stereocenters. The minimum Gasteiger partial charge on any atom is -0.481 e. The molecule has 156 valence electrons. The molecule has 0 saturated carbocycles. The minimum atomic E-state index is -0.823. The first-order valence-electron chi connectivity index (χ1n) is 11.5. The van der Waals surface area contributed by atoms with Gasteiger partial charge in [-0.1, -0.05) is 117 Å². The molecule has 0 aromatic carbocycles. The van der Waals surface area contributed by atoms with E-state index >= 15 is 0 Å². The molecule has 2 atom stereocenters. The van der Waals surface area contributed by atoms with Crippen molar-refractivity contribution < 1.29 is 15.0 Å². The summed E-state index contributed by atoms with van der Waals surface area (Å²) in [6, 6.07) is 0. The predicted octanol–water partition coefficient (Wildman–Crippen LogP) is 7.11. The Bertz CT molecular complexity index is 304. The Morgan fingerprint density at radius 3 is 1.35 bits per heavy atom. The summed E-state index contributed by atoms with van der Waals surface area (Å²) in [6.07, 6.45) is 20.3. The van der Waals surface area contributed by atoms with Crippen molar-refractivity contribution in [2.45, 2.75) is 136 Å². The van der Waals surface area contributed by atoms with E-state index in [9.17, 15) is 15.0 Å². The van der Waals surface area contributed by atoms with Gasteiger partial charge in [0.2, 0.25) is 0 Å². The van der Waals surface area contributed by atoms with Crippen LogP contribution in [0.5, 0.6) is 0 Å². The number of carboxylic acid groups (broad SMARTS) is 1. The summed E-state index contributed by atoms with van der Waals surface area (Å²) >= 11 is 0. The van der Waals surface area contributed by atoms with Gasteiger partial charge >= 0.3 is 5.97 Å². The minimum absolute atomic E-state index is 0.570. The molecule has 0 radical (unpaired) electrons. The van der Waals surface area contributed by atoms with Crippen LogP contribution >= 0.6 is 0 Å². The zero-order chi connectivity index (χ0) is 19.5. The molecule has 0 rings (SSSR count). The SMILES string of the molecule is CCCCCCCCCCCCCC(O)C(CCCCCCC)C(=O)O. The van der Waals surface area contributed by atoms with Crippen LogP contribution in [0.3, 0.4) is 0 Å². The first-order chi connectivity index (χ1) is 12.6. The van der Waals surface area contributed by atoms with Crippen LogP contribution in [0.25, 0.3) is 0 Å².